The summed E-state index contributed by atoms with van der Waals surface area (Å²) in [4.78, 5) is 69.1. The first-order valence-electron chi connectivity index (χ1n) is 12.6. The Morgan fingerprint density at radius 2 is 1.77 bits per heavy atom. The fourth-order valence-corrected chi connectivity index (χ4v) is 6.85. The van der Waals surface area contributed by atoms with Gasteiger partial charge in [-0.1, -0.05) is 25.0 Å². The zero-order valence-corrected chi connectivity index (χ0v) is 21.5. The third-order valence-corrected chi connectivity index (χ3v) is 8.35. The van der Waals surface area contributed by atoms with Crippen LogP contribution in [0.25, 0.3) is 0 Å². The molecule has 220 valence electrons. The first kappa shape index (κ1) is 30.4. The lowest BCUT2D eigenvalue weighted by molar-refractivity contribution is -0.772. The Balaban J connectivity index is 2.36. The molecule has 1 aliphatic heterocycles. The molecule has 7 atom stereocenters. The molecule has 1 saturated carbocycles. The number of nitro groups is 1. The summed E-state index contributed by atoms with van der Waals surface area (Å²) in [5.74, 6) is -5.74. The van der Waals surface area contributed by atoms with Gasteiger partial charge in [-0.3, -0.25) is 25.0 Å². The van der Waals surface area contributed by atoms with Crippen LogP contribution in [0.3, 0.4) is 0 Å². The van der Waals surface area contributed by atoms with Crippen molar-refractivity contribution in [3.8, 4) is 0 Å². The predicted molar refractivity (Wildman–Crippen MR) is 133 cm³/mol. The van der Waals surface area contributed by atoms with Crippen molar-refractivity contribution >= 4 is 17.6 Å². The Kier molecular flexibility index (Phi) is 9.09. The Morgan fingerprint density at radius 1 is 1.10 bits per heavy atom. The minimum atomic E-state index is -2.20. The van der Waals surface area contributed by atoms with Crippen molar-refractivity contribution in [2.45, 2.75) is 69.7 Å². The standard InChI is InChI=1S/C23H31N5O12/c1-13-23(21(31)32,16-8-2-3-9-17(16)40-28(37)38)18(14-6-4-7-15(12-14)26(33)34)22(20(29)30,19(24)25-13)10-5-11-39-27(35)36/h4,6-7,12-13,16-19,25H,2-3,5,8-11,24H2,1H3,(H,29,30)(H,31,32). The highest BCUT2D eigenvalue weighted by atomic mass is 17.0. The van der Waals surface area contributed by atoms with Gasteiger partial charge in [-0.05, 0) is 38.2 Å². The molecule has 0 spiro atoms. The second kappa shape index (κ2) is 12.0. The lowest BCUT2D eigenvalue weighted by Gasteiger charge is -2.60. The maximum atomic E-state index is 13.5. The number of non-ortho nitro benzene ring substituents is 1. The van der Waals surface area contributed by atoms with Crippen LogP contribution < -0.4 is 11.1 Å². The van der Waals surface area contributed by atoms with Crippen LogP contribution in [0.4, 0.5) is 5.69 Å². The van der Waals surface area contributed by atoms with Crippen LogP contribution in [-0.2, 0) is 19.3 Å². The van der Waals surface area contributed by atoms with Gasteiger partial charge >= 0.3 is 11.9 Å². The van der Waals surface area contributed by atoms with Crippen LogP contribution in [0.1, 0.15) is 56.9 Å². The zero-order valence-electron chi connectivity index (χ0n) is 21.5. The van der Waals surface area contributed by atoms with Gasteiger partial charge in [-0.25, -0.2) is 0 Å². The number of nitro benzene ring substituents is 1. The topological polar surface area (TPSA) is 261 Å². The number of nitrogens with one attached hydrogen (secondary N) is 1. The van der Waals surface area contributed by atoms with E-state index in [0.29, 0.717) is 12.8 Å². The fraction of sp³-hybridized carbons (Fsp3) is 0.652. The minimum Gasteiger partial charge on any atom is -0.481 e. The number of hydrogen-bond acceptors (Lipinski definition) is 12. The van der Waals surface area contributed by atoms with Gasteiger partial charge in [-0.15, -0.1) is 20.2 Å². The van der Waals surface area contributed by atoms with Gasteiger partial charge in [0.15, 0.2) is 0 Å². The molecule has 5 N–H and O–H groups in total. The molecule has 2 aliphatic rings. The summed E-state index contributed by atoms with van der Waals surface area (Å²) in [5.41, 5.74) is 1.62. The Bertz CT molecular complexity index is 1170. The molecule has 1 heterocycles. The van der Waals surface area contributed by atoms with E-state index in [0.717, 1.165) is 12.1 Å². The predicted octanol–water partition coefficient (Wildman–Crippen LogP) is 1.85. The summed E-state index contributed by atoms with van der Waals surface area (Å²) >= 11 is 0. The van der Waals surface area contributed by atoms with E-state index < -0.39 is 86.7 Å². The Labute approximate surface area is 227 Å². The number of hydrogen-bond donors (Lipinski definition) is 4. The smallest absolute Gasteiger partial charge is 0.313 e. The third kappa shape index (κ3) is 5.33. The number of rotatable bonds is 12. The van der Waals surface area contributed by atoms with Crippen molar-refractivity contribution in [1.29, 1.82) is 0 Å². The monoisotopic (exact) mass is 569 g/mol. The summed E-state index contributed by atoms with van der Waals surface area (Å²) in [6.45, 7) is 0.945. The first-order valence-corrected chi connectivity index (χ1v) is 12.6. The highest BCUT2D eigenvalue weighted by Crippen LogP contribution is 2.62. The molecule has 2 fully saturated rings. The quantitative estimate of drug-likeness (QED) is 0.159. The molecule has 40 heavy (non-hydrogen) atoms. The molecule has 0 radical (unpaired) electrons. The Morgan fingerprint density at radius 3 is 2.35 bits per heavy atom. The zero-order chi connectivity index (χ0) is 29.8. The average molecular weight is 570 g/mol. The Hall–Kier alpha value is -4.12. The first-order chi connectivity index (χ1) is 18.8. The van der Waals surface area contributed by atoms with Gasteiger partial charge in [0.05, 0.1) is 23.1 Å². The molecule has 17 heteroatoms. The third-order valence-electron chi connectivity index (χ3n) is 8.35. The van der Waals surface area contributed by atoms with Gasteiger partial charge in [0.25, 0.3) is 15.9 Å². The van der Waals surface area contributed by atoms with Crippen molar-refractivity contribution in [2.24, 2.45) is 22.5 Å². The minimum absolute atomic E-state index is 0.0246. The van der Waals surface area contributed by atoms with Crippen molar-refractivity contribution in [2.75, 3.05) is 6.61 Å². The van der Waals surface area contributed by atoms with Gasteiger partial charge in [0.2, 0.25) is 0 Å². The molecular formula is C23H31N5O12. The van der Waals surface area contributed by atoms with E-state index in [-0.39, 0.29) is 24.8 Å². The summed E-state index contributed by atoms with van der Waals surface area (Å²) in [7, 11) is 0. The van der Waals surface area contributed by atoms with Crippen LogP contribution >= 0.6 is 0 Å². The van der Waals surface area contributed by atoms with Crippen LogP contribution in [0.2, 0.25) is 0 Å². The maximum Gasteiger partial charge on any atom is 0.313 e. The highest BCUT2D eigenvalue weighted by Gasteiger charge is 2.70. The molecule has 1 aromatic carbocycles. The summed E-state index contributed by atoms with van der Waals surface area (Å²) in [6.07, 6.45) is -2.10. The van der Waals surface area contributed by atoms with Crippen LogP contribution in [0.15, 0.2) is 24.3 Å². The largest absolute Gasteiger partial charge is 0.481 e. The van der Waals surface area contributed by atoms with Gasteiger partial charge < -0.3 is 25.6 Å². The van der Waals surface area contributed by atoms with Crippen LogP contribution in [0.5, 0.6) is 0 Å². The molecule has 1 saturated heterocycles. The van der Waals surface area contributed by atoms with E-state index in [1.165, 1.54) is 19.1 Å². The van der Waals surface area contributed by atoms with Gasteiger partial charge in [-0.2, -0.15) is 0 Å². The lowest BCUT2D eigenvalue weighted by Crippen LogP contribution is -2.75. The summed E-state index contributed by atoms with van der Waals surface area (Å²) in [5, 5.41) is 56.2. The molecular weight excluding hydrogens is 538 g/mol. The molecule has 1 aromatic rings. The number of nitrogens with zero attached hydrogens (tertiary/aromatic N) is 3. The van der Waals surface area contributed by atoms with Crippen LogP contribution in [0, 0.1) is 47.1 Å². The number of carbonyl (C=O) groups is 2. The molecule has 0 aromatic heterocycles. The van der Waals surface area contributed by atoms with E-state index in [9.17, 15) is 50.1 Å². The van der Waals surface area contributed by atoms with Crippen molar-refractivity contribution in [1.82, 2.24) is 5.32 Å². The number of benzene rings is 1. The molecule has 0 amide bonds. The van der Waals surface area contributed by atoms with E-state index >= 15 is 0 Å². The summed E-state index contributed by atoms with van der Waals surface area (Å²) < 4.78 is 0. The molecule has 3 rings (SSSR count). The number of nitrogens with two attached hydrogens (primary N) is 1. The lowest BCUT2D eigenvalue weighted by atomic mass is 9.46. The second-order valence-electron chi connectivity index (χ2n) is 10.2. The highest BCUT2D eigenvalue weighted by molar-refractivity contribution is 5.84. The van der Waals surface area contributed by atoms with Gasteiger partial charge in [0.1, 0.15) is 11.5 Å². The van der Waals surface area contributed by atoms with E-state index in [4.69, 9.17) is 10.6 Å². The van der Waals surface area contributed by atoms with Crippen LogP contribution in [-0.4, -0.2) is 62.2 Å². The van der Waals surface area contributed by atoms with Crippen molar-refractivity contribution in [3.05, 3.63) is 60.2 Å². The molecule has 7 unspecified atom stereocenters. The van der Waals surface area contributed by atoms with E-state index in [1.54, 1.807) is 0 Å². The van der Waals surface area contributed by atoms with Crippen molar-refractivity contribution < 1.29 is 44.6 Å². The second-order valence-corrected chi connectivity index (χ2v) is 10.2. The number of carboxylic acid groups (broad SMARTS) is 2. The SMILES string of the molecule is CC1NC(N)C(CCCO[N+](=O)[O-])(C(=O)O)C(c2cccc([N+](=O)[O-])c2)C1(C(=O)O)C1CCCCC1O[N+](=O)[O-]. The number of aliphatic carboxylic acids is 2. The molecule has 17 nitrogen and oxygen atoms in total. The normalized spacial score (nSPS) is 32.0. The van der Waals surface area contributed by atoms with E-state index in [2.05, 4.69) is 10.2 Å². The van der Waals surface area contributed by atoms with Gasteiger partial charge in [0, 0.05) is 30.0 Å². The molecule has 0 bridgehead atoms. The number of carboxylic acids is 2. The van der Waals surface area contributed by atoms with Crippen molar-refractivity contribution in [3.63, 3.8) is 0 Å². The average Bonchev–Trinajstić information content (AvgIpc) is 2.87. The van der Waals surface area contributed by atoms with E-state index in [1.807, 2.05) is 0 Å². The summed E-state index contributed by atoms with van der Waals surface area (Å²) in [6, 6.07) is 3.78. The fourth-order valence-electron chi connectivity index (χ4n) is 6.85. The number of piperidine rings is 1. The molecule has 1 aliphatic carbocycles. The maximum absolute atomic E-state index is 13.5.